The second kappa shape index (κ2) is 6.45. The number of alkyl halides is 2. The average molecular weight is 297 g/mol. The van der Waals surface area contributed by atoms with Gasteiger partial charge in [0.1, 0.15) is 17.9 Å². The van der Waals surface area contributed by atoms with E-state index in [9.17, 15) is 18.9 Å². The number of nitriles is 1. The molecule has 1 saturated heterocycles. The minimum atomic E-state index is -2.50. The lowest BCUT2D eigenvalue weighted by atomic mass is 10.0. The fourth-order valence-corrected chi connectivity index (χ4v) is 2.27. The zero-order chi connectivity index (χ0) is 15.4. The maximum absolute atomic E-state index is 12.7. The highest BCUT2D eigenvalue weighted by Crippen LogP contribution is 2.30. The second-order valence-corrected chi connectivity index (χ2v) is 4.68. The van der Waals surface area contributed by atoms with Crippen LogP contribution in [0.3, 0.4) is 0 Å². The molecule has 1 N–H and O–H groups in total. The third-order valence-corrected chi connectivity index (χ3v) is 3.30. The van der Waals surface area contributed by atoms with Gasteiger partial charge in [-0.3, -0.25) is 10.1 Å². The number of benzene rings is 1. The van der Waals surface area contributed by atoms with E-state index in [0.717, 1.165) is 0 Å². The van der Waals surface area contributed by atoms with E-state index >= 15 is 0 Å². The summed E-state index contributed by atoms with van der Waals surface area (Å²) < 4.78 is 30.9. The van der Waals surface area contributed by atoms with Gasteiger partial charge in [0.25, 0.3) is 12.1 Å². The smallest absolute Gasteiger partial charge is 0.290 e. The zero-order valence-corrected chi connectivity index (χ0v) is 11.0. The van der Waals surface area contributed by atoms with E-state index in [1.807, 2.05) is 0 Å². The van der Waals surface area contributed by atoms with Gasteiger partial charge in [0.2, 0.25) is 0 Å². The van der Waals surface area contributed by atoms with Crippen LogP contribution >= 0.6 is 0 Å². The number of nitrogens with zero attached hydrogens (tertiary/aromatic N) is 2. The molecule has 0 aliphatic carbocycles. The normalized spacial score (nSPS) is 21.8. The summed E-state index contributed by atoms with van der Waals surface area (Å²) in [6.07, 6.45) is -2.42. The highest BCUT2D eigenvalue weighted by molar-refractivity contribution is 5.56. The number of rotatable bonds is 4. The molecule has 1 heterocycles. The number of nitro groups is 1. The number of nitrogens with one attached hydrogen (secondary N) is 1. The molecule has 0 spiro atoms. The van der Waals surface area contributed by atoms with Crippen molar-refractivity contribution in [1.29, 1.82) is 5.26 Å². The molecule has 6 nitrogen and oxygen atoms in total. The molecule has 112 valence electrons. The van der Waals surface area contributed by atoms with Gasteiger partial charge in [-0.1, -0.05) is 6.07 Å². The Bertz CT molecular complexity index is 574. The van der Waals surface area contributed by atoms with Crippen LogP contribution < -0.4 is 10.1 Å². The van der Waals surface area contributed by atoms with E-state index in [1.165, 1.54) is 18.2 Å². The van der Waals surface area contributed by atoms with E-state index in [-0.39, 0.29) is 23.4 Å². The Morgan fingerprint density at radius 1 is 1.52 bits per heavy atom. The van der Waals surface area contributed by atoms with Gasteiger partial charge in [-0.05, 0) is 19.0 Å². The zero-order valence-electron chi connectivity index (χ0n) is 11.0. The molecular weight excluding hydrogens is 284 g/mol. The van der Waals surface area contributed by atoms with Crippen LogP contribution in [0.1, 0.15) is 18.4 Å². The molecule has 8 heteroatoms. The molecule has 2 unspecified atom stereocenters. The van der Waals surface area contributed by atoms with Gasteiger partial charge in [-0.15, -0.1) is 0 Å². The van der Waals surface area contributed by atoms with Crippen molar-refractivity contribution in [2.75, 3.05) is 6.54 Å². The van der Waals surface area contributed by atoms with Gasteiger partial charge in [0.05, 0.1) is 11.0 Å². The third kappa shape index (κ3) is 3.44. The summed E-state index contributed by atoms with van der Waals surface area (Å²) in [5.74, 6) is 0.0617. The summed E-state index contributed by atoms with van der Waals surface area (Å²) in [4.78, 5) is 10.2. The van der Waals surface area contributed by atoms with Crippen molar-refractivity contribution < 1.29 is 18.4 Å². The standard InChI is InChI=1S/C13H13F2N3O3/c14-13(15)10-6-8(4-5-17-10)21-12-3-1-2-11(18(19)20)9(12)7-16/h1-3,8,10,13,17H,4-6H2. The molecule has 1 aliphatic heterocycles. The minimum absolute atomic E-state index is 0.0617. The number of hydrogen-bond donors (Lipinski definition) is 1. The van der Waals surface area contributed by atoms with Crippen molar-refractivity contribution in [2.24, 2.45) is 0 Å². The van der Waals surface area contributed by atoms with Crippen LogP contribution in [-0.4, -0.2) is 30.0 Å². The summed E-state index contributed by atoms with van der Waals surface area (Å²) in [5, 5.41) is 22.6. The van der Waals surface area contributed by atoms with Crippen LogP contribution in [0.15, 0.2) is 18.2 Å². The van der Waals surface area contributed by atoms with Crippen molar-refractivity contribution >= 4 is 5.69 Å². The molecule has 1 fully saturated rings. The highest BCUT2D eigenvalue weighted by atomic mass is 19.3. The minimum Gasteiger partial charge on any atom is -0.489 e. The molecular formula is C13H13F2N3O3. The third-order valence-electron chi connectivity index (χ3n) is 3.30. The fraction of sp³-hybridized carbons (Fsp3) is 0.462. The van der Waals surface area contributed by atoms with E-state index < -0.39 is 23.5 Å². The number of hydrogen-bond acceptors (Lipinski definition) is 5. The van der Waals surface area contributed by atoms with Crippen molar-refractivity contribution in [3.8, 4) is 11.8 Å². The van der Waals surface area contributed by atoms with Gasteiger partial charge in [0, 0.05) is 12.5 Å². The number of ether oxygens (including phenoxy) is 1. The van der Waals surface area contributed by atoms with Crippen LogP contribution in [0.4, 0.5) is 14.5 Å². The van der Waals surface area contributed by atoms with Crippen LogP contribution in [-0.2, 0) is 0 Å². The lowest BCUT2D eigenvalue weighted by molar-refractivity contribution is -0.385. The SMILES string of the molecule is N#Cc1c(OC2CCNC(C(F)F)C2)cccc1[N+](=O)[O-]. The van der Waals surface area contributed by atoms with Gasteiger partial charge >= 0.3 is 0 Å². The number of halogens is 2. The molecule has 21 heavy (non-hydrogen) atoms. The molecule has 0 saturated carbocycles. The van der Waals surface area contributed by atoms with E-state index in [4.69, 9.17) is 10.00 Å². The van der Waals surface area contributed by atoms with E-state index in [0.29, 0.717) is 13.0 Å². The Morgan fingerprint density at radius 2 is 2.29 bits per heavy atom. The topological polar surface area (TPSA) is 88.2 Å². The summed E-state index contributed by atoms with van der Waals surface area (Å²) in [6.45, 7) is 0.372. The van der Waals surface area contributed by atoms with Crippen LogP contribution in [0.5, 0.6) is 5.75 Å². The van der Waals surface area contributed by atoms with E-state index in [1.54, 1.807) is 6.07 Å². The molecule has 1 aromatic rings. The fourth-order valence-electron chi connectivity index (χ4n) is 2.27. The van der Waals surface area contributed by atoms with Crippen LogP contribution in [0, 0.1) is 21.4 Å². The predicted molar refractivity (Wildman–Crippen MR) is 69.3 cm³/mol. The Balaban J connectivity index is 2.18. The van der Waals surface area contributed by atoms with Gasteiger partial charge in [-0.25, -0.2) is 8.78 Å². The second-order valence-electron chi connectivity index (χ2n) is 4.68. The number of nitro benzene ring substituents is 1. The first-order valence-corrected chi connectivity index (χ1v) is 6.38. The lowest BCUT2D eigenvalue weighted by Crippen LogP contribution is -2.46. The summed E-state index contributed by atoms with van der Waals surface area (Å²) in [7, 11) is 0. The summed E-state index contributed by atoms with van der Waals surface area (Å²) >= 11 is 0. The van der Waals surface area contributed by atoms with Crippen LogP contribution in [0.2, 0.25) is 0 Å². The maximum Gasteiger partial charge on any atom is 0.290 e. The molecule has 1 aliphatic rings. The first kappa shape index (κ1) is 15.1. The van der Waals surface area contributed by atoms with Gasteiger partial charge < -0.3 is 10.1 Å². The lowest BCUT2D eigenvalue weighted by Gasteiger charge is -2.30. The molecule has 2 atom stereocenters. The molecule has 0 aromatic heterocycles. The summed E-state index contributed by atoms with van der Waals surface area (Å²) in [6, 6.07) is 4.82. The van der Waals surface area contributed by atoms with Crippen molar-refractivity contribution in [2.45, 2.75) is 31.4 Å². The molecule has 0 bridgehead atoms. The average Bonchev–Trinajstić information content (AvgIpc) is 2.47. The molecule has 0 radical (unpaired) electrons. The van der Waals surface area contributed by atoms with Crippen molar-refractivity contribution in [3.05, 3.63) is 33.9 Å². The molecule has 2 rings (SSSR count). The largest absolute Gasteiger partial charge is 0.489 e. The van der Waals surface area contributed by atoms with Crippen molar-refractivity contribution in [3.63, 3.8) is 0 Å². The maximum atomic E-state index is 12.7. The van der Waals surface area contributed by atoms with Gasteiger partial charge in [-0.2, -0.15) is 5.26 Å². The first-order chi connectivity index (χ1) is 10.0. The Hall–Kier alpha value is -2.27. The van der Waals surface area contributed by atoms with E-state index in [2.05, 4.69) is 5.32 Å². The molecule has 0 amide bonds. The predicted octanol–water partition coefficient (Wildman–Crippen LogP) is 2.23. The molecule has 1 aromatic carbocycles. The number of piperidine rings is 1. The summed E-state index contributed by atoms with van der Waals surface area (Å²) in [5.41, 5.74) is -0.538. The van der Waals surface area contributed by atoms with Gasteiger partial charge in [0.15, 0.2) is 5.56 Å². The Morgan fingerprint density at radius 3 is 2.90 bits per heavy atom. The van der Waals surface area contributed by atoms with Crippen LogP contribution in [0.25, 0.3) is 0 Å². The Labute approximate surface area is 119 Å². The van der Waals surface area contributed by atoms with Crippen molar-refractivity contribution in [1.82, 2.24) is 5.32 Å². The quantitative estimate of drug-likeness (QED) is 0.680. The monoisotopic (exact) mass is 297 g/mol. The Kier molecular flexibility index (Phi) is 4.65. The first-order valence-electron chi connectivity index (χ1n) is 6.38. The highest BCUT2D eigenvalue weighted by Gasteiger charge is 2.30.